The van der Waals surface area contributed by atoms with Gasteiger partial charge in [-0.25, -0.2) is 0 Å². The van der Waals surface area contributed by atoms with Crippen LogP contribution in [0.15, 0.2) is 72.9 Å². The maximum atomic E-state index is 13.3. The highest BCUT2D eigenvalue weighted by Crippen LogP contribution is 2.35. The summed E-state index contributed by atoms with van der Waals surface area (Å²) in [5.41, 5.74) is 6.09. The van der Waals surface area contributed by atoms with Crippen molar-refractivity contribution in [1.82, 2.24) is 9.88 Å². The molecule has 0 saturated carbocycles. The Hall–Kier alpha value is -2.94. The minimum Gasteiger partial charge on any atom is -0.332 e. The monoisotopic (exact) mass is 370 g/mol. The summed E-state index contributed by atoms with van der Waals surface area (Å²) in [7, 11) is 0. The molecule has 0 spiro atoms. The first-order chi connectivity index (χ1) is 13.7. The van der Waals surface area contributed by atoms with Gasteiger partial charge in [0.15, 0.2) is 0 Å². The number of carbonyl (C=O) groups excluding carboxylic acids is 1. The Balaban J connectivity index is 1.54. The quantitative estimate of drug-likeness (QED) is 0.609. The number of carbonyl (C=O) groups is 1. The summed E-state index contributed by atoms with van der Waals surface area (Å²) >= 11 is 0. The number of nitrogens with zero attached hydrogens (tertiary/aromatic N) is 2. The third kappa shape index (κ3) is 4.14. The van der Waals surface area contributed by atoms with Gasteiger partial charge < -0.3 is 4.90 Å². The van der Waals surface area contributed by atoms with E-state index in [-0.39, 0.29) is 5.91 Å². The van der Waals surface area contributed by atoms with Gasteiger partial charge in [0.05, 0.1) is 12.2 Å². The minimum atomic E-state index is 0.204. The summed E-state index contributed by atoms with van der Waals surface area (Å²) in [5.74, 6) is 0.530. The standard InChI is InChI=1S/C25H26N2O/c1-19-8-2-3-10-22(19)17-27(18-23-11-6-7-15-26-23)25(28)16-21-14-13-20-9-4-5-12-24(20)21/h2-12,15,21H,13-14,16-18H2,1H3. The first kappa shape index (κ1) is 18.4. The summed E-state index contributed by atoms with van der Waals surface area (Å²) in [6.07, 6.45) is 4.49. The zero-order valence-corrected chi connectivity index (χ0v) is 16.3. The van der Waals surface area contributed by atoms with Gasteiger partial charge in [-0.1, -0.05) is 54.6 Å². The molecule has 0 radical (unpaired) electrons. The highest BCUT2D eigenvalue weighted by atomic mass is 16.2. The van der Waals surface area contributed by atoms with Crippen LogP contribution in [0.4, 0.5) is 0 Å². The van der Waals surface area contributed by atoms with Crippen LogP contribution in [0.25, 0.3) is 0 Å². The highest BCUT2D eigenvalue weighted by Gasteiger charge is 2.26. The van der Waals surface area contributed by atoms with Crippen molar-refractivity contribution in [3.8, 4) is 0 Å². The summed E-state index contributed by atoms with van der Waals surface area (Å²) in [6, 6.07) is 22.7. The second kappa shape index (κ2) is 8.39. The highest BCUT2D eigenvalue weighted by molar-refractivity contribution is 5.77. The van der Waals surface area contributed by atoms with E-state index in [2.05, 4.69) is 48.3 Å². The molecule has 2 aromatic carbocycles. The molecule has 1 aromatic heterocycles. The van der Waals surface area contributed by atoms with Crippen molar-refractivity contribution < 1.29 is 4.79 Å². The smallest absolute Gasteiger partial charge is 0.223 e. The zero-order valence-electron chi connectivity index (χ0n) is 16.3. The van der Waals surface area contributed by atoms with Crippen LogP contribution in [-0.4, -0.2) is 15.8 Å². The normalized spacial score (nSPS) is 15.2. The summed E-state index contributed by atoms with van der Waals surface area (Å²) in [5, 5.41) is 0. The van der Waals surface area contributed by atoms with Crippen molar-refractivity contribution in [2.75, 3.05) is 0 Å². The van der Waals surface area contributed by atoms with Crippen molar-refractivity contribution in [3.63, 3.8) is 0 Å². The zero-order chi connectivity index (χ0) is 19.3. The number of pyridine rings is 1. The Morgan fingerprint density at radius 2 is 1.79 bits per heavy atom. The fourth-order valence-corrected chi connectivity index (χ4v) is 4.11. The van der Waals surface area contributed by atoms with Gasteiger partial charge in [-0.3, -0.25) is 9.78 Å². The maximum Gasteiger partial charge on any atom is 0.223 e. The van der Waals surface area contributed by atoms with E-state index in [0.29, 0.717) is 25.4 Å². The number of hydrogen-bond donors (Lipinski definition) is 0. The fraction of sp³-hybridized carbons (Fsp3) is 0.280. The van der Waals surface area contributed by atoms with Crippen molar-refractivity contribution in [1.29, 1.82) is 0 Å². The van der Waals surface area contributed by atoms with E-state index in [1.54, 1.807) is 6.20 Å². The molecule has 0 aliphatic heterocycles. The Morgan fingerprint density at radius 3 is 2.61 bits per heavy atom. The molecule has 1 aliphatic carbocycles. The third-order valence-electron chi connectivity index (χ3n) is 5.73. The van der Waals surface area contributed by atoms with Crippen LogP contribution in [0.3, 0.4) is 0 Å². The Kier molecular flexibility index (Phi) is 5.52. The molecule has 0 N–H and O–H groups in total. The van der Waals surface area contributed by atoms with Gasteiger partial charge in [-0.2, -0.15) is 0 Å². The van der Waals surface area contributed by atoms with Crippen LogP contribution in [-0.2, 0) is 24.3 Å². The molecule has 1 amide bonds. The second-order valence-corrected chi connectivity index (χ2v) is 7.64. The van der Waals surface area contributed by atoms with Gasteiger partial charge in [-0.05, 0) is 60.1 Å². The van der Waals surface area contributed by atoms with Crippen LogP contribution >= 0.6 is 0 Å². The molecule has 3 nitrogen and oxygen atoms in total. The predicted octanol–water partition coefficient (Wildman–Crippen LogP) is 5.04. The molecule has 0 saturated heterocycles. The first-order valence-corrected chi connectivity index (χ1v) is 10.0. The largest absolute Gasteiger partial charge is 0.332 e. The lowest BCUT2D eigenvalue weighted by Crippen LogP contribution is -2.31. The third-order valence-corrected chi connectivity index (χ3v) is 5.73. The molecule has 1 aliphatic rings. The lowest BCUT2D eigenvalue weighted by Gasteiger charge is -2.25. The molecule has 1 atom stereocenters. The summed E-state index contributed by atoms with van der Waals surface area (Å²) in [4.78, 5) is 19.7. The van der Waals surface area contributed by atoms with Crippen LogP contribution in [0.5, 0.6) is 0 Å². The number of fused-ring (bicyclic) bond motifs is 1. The van der Waals surface area contributed by atoms with Crippen molar-refractivity contribution in [2.45, 2.75) is 45.2 Å². The van der Waals surface area contributed by atoms with Gasteiger partial charge in [0.1, 0.15) is 0 Å². The van der Waals surface area contributed by atoms with E-state index in [4.69, 9.17) is 0 Å². The molecule has 4 rings (SSSR count). The molecular formula is C25H26N2O. The molecule has 3 heteroatoms. The average Bonchev–Trinajstić information content (AvgIpc) is 3.13. The molecule has 28 heavy (non-hydrogen) atoms. The van der Waals surface area contributed by atoms with Gasteiger partial charge in [-0.15, -0.1) is 0 Å². The van der Waals surface area contributed by atoms with Crippen LogP contribution < -0.4 is 0 Å². The average molecular weight is 370 g/mol. The minimum absolute atomic E-state index is 0.204. The van der Waals surface area contributed by atoms with Crippen molar-refractivity contribution in [3.05, 3.63) is 101 Å². The number of rotatable bonds is 6. The van der Waals surface area contributed by atoms with Gasteiger partial charge in [0.25, 0.3) is 0 Å². The fourth-order valence-electron chi connectivity index (χ4n) is 4.11. The van der Waals surface area contributed by atoms with Crippen LogP contribution in [0, 0.1) is 6.92 Å². The molecule has 1 heterocycles. The molecule has 0 bridgehead atoms. The van der Waals surface area contributed by atoms with E-state index in [0.717, 1.165) is 18.5 Å². The number of benzene rings is 2. The molecule has 142 valence electrons. The van der Waals surface area contributed by atoms with Crippen molar-refractivity contribution >= 4 is 5.91 Å². The topological polar surface area (TPSA) is 33.2 Å². The number of amides is 1. The lowest BCUT2D eigenvalue weighted by molar-refractivity contribution is -0.133. The Morgan fingerprint density at radius 1 is 1.00 bits per heavy atom. The number of hydrogen-bond acceptors (Lipinski definition) is 2. The van der Waals surface area contributed by atoms with E-state index in [1.165, 1.54) is 22.3 Å². The van der Waals surface area contributed by atoms with Gasteiger partial charge in [0, 0.05) is 19.2 Å². The van der Waals surface area contributed by atoms with E-state index >= 15 is 0 Å². The van der Waals surface area contributed by atoms with Crippen LogP contribution in [0.1, 0.15) is 46.7 Å². The van der Waals surface area contributed by atoms with Crippen molar-refractivity contribution in [2.24, 2.45) is 0 Å². The Bertz CT molecular complexity index is 952. The molecule has 0 fully saturated rings. The molecular weight excluding hydrogens is 344 g/mol. The number of aromatic nitrogens is 1. The molecule has 1 unspecified atom stereocenters. The SMILES string of the molecule is Cc1ccccc1CN(Cc1ccccn1)C(=O)CC1CCc2ccccc21. The van der Waals surface area contributed by atoms with Gasteiger partial charge >= 0.3 is 0 Å². The van der Waals surface area contributed by atoms with Crippen LogP contribution in [0.2, 0.25) is 0 Å². The maximum absolute atomic E-state index is 13.3. The summed E-state index contributed by atoms with van der Waals surface area (Å²) < 4.78 is 0. The van der Waals surface area contributed by atoms with Gasteiger partial charge in [0.2, 0.25) is 5.91 Å². The van der Waals surface area contributed by atoms with E-state index in [9.17, 15) is 4.79 Å². The Labute approximate surface area is 167 Å². The van der Waals surface area contributed by atoms with E-state index in [1.807, 2.05) is 35.2 Å². The number of aryl methyl sites for hydroxylation is 2. The predicted molar refractivity (Wildman–Crippen MR) is 112 cm³/mol. The first-order valence-electron chi connectivity index (χ1n) is 10.0. The molecule has 3 aromatic rings. The lowest BCUT2D eigenvalue weighted by atomic mass is 9.97. The summed E-state index contributed by atoms with van der Waals surface area (Å²) in [6.45, 7) is 3.27. The second-order valence-electron chi connectivity index (χ2n) is 7.64. The van der Waals surface area contributed by atoms with E-state index < -0.39 is 0 Å².